The van der Waals surface area contributed by atoms with Crippen LogP contribution in [0.25, 0.3) is 0 Å². The van der Waals surface area contributed by atoms with Crippen LogP contribution in [-0.2, 0) is 9.59 Å². The zero-order chi connectivity index (χ0) is 7.54. The predicted octanol–water partition coefficient (Wildman–Crippen LogP) is 0.972. The van der Waals surface area contributed by atoms with Gasteiger partial charge < -0.3 is 0 Å². The van der Waals surface area contributed by atoms with Crippen molar-refractivity contribution in [2.75, 3.05) is 0 Å². The number of hydrogen-bond donors (Lipinski definition) is 2. The molecule has 1 rings (SSSR count). The zero-order valence-electron chi connectivity index (χ0n) is 4.94. The van der Waals surface area contributed by atoms with Crippen molar-refractivity contribution in [2.45, 2.75) is 19.3 Å². The van der Waals surface area contributed by atoms with Gasteiger partial charge in [0.2, 0.25) is 12.2 Å². The second-order valence-electron chi connectivity index (χ2n) is 1.26. The molecule has 4 nitrogen and oxygen atoms in total. The summed E-state index contributed by atoms with van der Waals surface area (Å²) in [7, 11) is 0. The first-order valence-corrected chi connectivity index (χ1v) is 2.41. The quantitative estimate of drug-likeness (QED) is 0.376. The molecule has 0 unspecified atom stereocenters. The number of carbonyl (C=O) groups excluding carboxylic acids is 2. The zero-order valence-corrected chi connectivity index (χ0v) is 4.94. The summed E-state index contributed by atoms with van der Waals surface area (Å²) in [6.07, 6.45) is 6.00. The first-order chi connectivity index (χ1) is 4.33. The summed E-state index contributed by atoms with van der Waals surface area (Å²) in [5.41, 5.74) is 0. The Labute approximate surface area is 52.9 Å². The highest BCUT2D eigenvalue weighted by molar-refractivity contribution is 5.26. The number of nitrogens with one attached hydrogen (secondary N) is 2. The Morgan fingerprint density at radius 3 is 1.00 bits per heavy atom. The molecule has 0 amide bonds. The smallest absolute Gasteiger partial charge is 0.222 e. The van der Waals surface area contributed by atoms with Crippen LogP contribution in [0.2, 0.25) is 0 Å². The second kappa shape index (κ2) is 15.9. The fourth-order valence-corrected chi connectivity index (χ4v) is 0. The van der Waals surface area contributed by atoms with Gasteiger partial charge in [-0.25, -0.2) is 20.4 Å². The van der Waals surface area contributed by atoms with Crippen molar-refractivity contribution in [3.63, 3.8) is 0 Å². The average molecular weight is 128 g/mol. The summed E-state index contributed by atoms with van der Waals surface area (Å²) in [4.78, 5) is 16.7. The molecule has 50 valence electrons. The highest BCUT2D eigenvalue weighted by atomic mass is 16.1. The van der Waals surface area contributed by atoms with E-state index in [-0.39, 0.29) is 0 Å². The van der Waals surface area contributed by atoms with Crippen LogP contribution < -0.4 is 0 Å². The molecule has 0 aromatic carbocycles. The number of hydrogen-bond acceptors (Lipinski definition) is 4. The molecule has 0 aliphatic heterocycles. The van der Waals surface area contributed by atoms with Crippen molar-refractivity contribution in [3.8, 4) is 0 Å². The van der Waals surface area contributed by atoms with Gasteiger partial charge in [0, 0.05) is 0 Å². The molecule has 2 N–H and O–H groups in total. The van der Waals surface area contributed by atoms with Crippen LogP contribution in [0.15, 0.2) is 0 Å². The summed E-state index contributed by atoms with van der Waals surface area (Å²) in [5, 5.41) is 10.8. The van der Waals surface area contributed by atoms with Gasteiger partial charge in [-0.3, -0.25) is 0 Å². The van der Waals surface area contributed by atoms with Gasteiger partial charge in [-0.15, -0.1) is 0 Å². The molecule has 0 aromatic rings. The summed E-state index contributed by atoms with van der Waals surface area (Å²) < 4.78 is 0. The van der Waals surface area contributed by atoms with E-state index in [1.54, 1.807) is 0 Å². The highest BCUT2D eigenvalue weighted by Gasteiger charge is 1.95. The van der Waals surface area contributed by atoms with Crippen LogP contribution >= 0.6 is 0 Å². The average Bonchev–Trinajstić information content (AvgIpc) is 2.48. The normalized spacial score (nSPS) is 9.78. The molecule has 1 aliphatic rings. The van der Waals surface area contributed by atoms with E-state index in [4.69, 9.17) is 20.4 Å². The highest BCUT2D eigenvalue weighted by Crippen LogP contribution is 2.14. The Hall–Kier alpha value is -1.24. The fraction of sp³-hybridized carbons (Fsp3) is 0.600. The van der Waals surface area contributed by atoms with Gasteiger partial charge in [0.1, 0.15) is 0 Å². The van der Waals surface area contributed by atoms with Gasteiger partial charge in [0.25, 0.3) is 0 Å². The Morgan fingerprint density at radius 2 is 1.00 bits per heavy atom. The van der Waals surface area contributed by atoms with Crippen LogP contribution in [0.5, 0.6) is 0 Å². The van der Waals surface area contributed by atoms with E-state index in [9.17, 15) is 0 Å². The molecule has 4 heteroatoms. The van der Waals surface area contributed by atoms with Crippen molar-refractivity contribution < 1.29 is 9.59 Å². The number of rotatable bonds is 0. The maximum Gasteiger partial charge on any atom is 0.231 e. The summed E-state index contributed by atoms with van der Waals surface area (Å²) in [6, 6.07) is 0. The van der Waals surface area contributed by atoms with Crippen LogP contribution in [-0.4, -0.2) is 12.2 Å². The molecule has 0 heterocycles. The lowest BCUT2D eigenvalue weighted by Gasteiger charge is -1.05. The lowest BCUT2D eigenvalue weighted by molar-refractivity contribution is 0.562. The molecule has 1 fully saturated rings. The van der Waals surface area contributed by atoms with E-state index in [2.05, 4.69) is 0 Å². The van der Waals surface area contributed by atoms with Crippen molar-refractivity contribution in [3.05, 3.63) is 0 Å². The maximum absolute atomic E-state index is 8.35. The molecule has 0 atom stereocenters. The van der Waals surface area contributed by atoms with Crippen LogP contribution in [0.4, 0.5) is 0 Å². The molecule has 0 aromatic heterocycles. The van der Waals surface area contributed by atoms with Crippen molar-refractivity contribution in [1.82, 2.24) is 0 Å². The van der Waals surface area contributed by atoms with Crippen LogP contribution in [0.3, 0.4) is 0 Å². The van der Waals surface area contributed by atoms with Gasteiger partial charge in [0.15, 0.2) is 0 Å². The van der Waals surface area contributed by atoms with Crippen LogP contribution in [0, 0.1) is 10.8 Å². The van der Waals surface area contributed by atoms with E-state index in [0.717, 1.165) is 12.2 Å². The second-order valence-corrected chi connectivity index (χ2v) is 1.26. The summed E-state index contributed by atoms with van der Waals surface area (Å²) >= 11 is 0. The topological polar surface area (TPSA) is 81.8 Å². The molecule has 0 bridgehead atoms. The summed E-state index contributed by atoms with van der Waals surface area (Å²) in [6.45, 7) is 0. The fourth-order valence-electron chi connectivity index (χ4n) is 0. The molecule has 9 heavy (non-hydrogen) atoms. The monoisotopic (exact) mass is 128 g/mol. The Morgan fingerprint density at radius 1 is 0.889 bits per heavy atom. The SMILES string of the molecule is C1CC1.N=C=O.N=C=O. The standard InChI is InChI=1S/C3H6.2CHNO/c1-2-3-1;2*2-1-3/h1-3H2;2*2H. The molecular weight excluding hydrogens is 120 g/mol. The molecule has 1 aliphatic carbocycles. The molecular formula is C5H8N2O2. The predicted molar refractivity (Wildman–Crippen MR) is 30.7 cm³/mol. The maximum atomic E-state index is 8.35. The first kappa shape index (κ1) is 10.7. The summed E-state index contributed by atoms with van der Waals surface area (Å²) in [5.74, 6) is 0. The molecule has 0 saturated heterocycles. The van der Waals surface area contributed by atoms with E-state index in [1.165, 1.54) is 19.3 Å². The largest absolute Gasteiger partial charge is 0.231 e. The Balaban J connectivity index is 0. The van der Waals surface area contributed by atoms with Gasteiger partial charge in [-0.05, 0) is 0 Å². The van der Waals surface area contributed by atoms with E-state index in [1.807, 2.05) is 0 Å². The Kier molecular flexibility index (Phi) is 18.8. The number of isocyanates is 2. The van der Waals surface area contributed by atoms with Gasteiger partial charge in [-0.2, -0.15) is 0 Å². The molecule has 1 saturated carbocycles. The third-order valence-corrected chi connectivity index (χ3v) is 0.354. The Bertz CT molecular complexity index is 93.4. The van der Waals surface area contributed by atoms with Crippen molar-refractivity contribution in [1.29, 1.82) is 10.8 Å². The van der Waals surface area contributed by atoms with Gasteiger partial charge in [0.05, 0.1) is 0 Å². The van der Waals surface area contributed by atoms with Crippen molar-refractivity contribution >= 4 is 12.2 Å². The lowest BCUT2D eigenvalue weighted by Crippen LogP contribution is -1.16. The van der Waals surface area contributed by atoms with E-state index in [0.29, 0.717) is 0 Å². The lowest BCUT2D eigenvalue weighted by atomic mass is 11.0. The van der Waals surface area contributed by atoms with Crippen molar-refractivity contribution in [2.24, 2.45) is 0 Å². The minimum absolute atomic E-state index is 0.750. The van der Waals surface area contributed by atoms with E-state index >= 15 is 0 Å². The van der Waals surface area contributed by atoms with E-state index < -0.39 is 0 Å². The van der Waals surface area contributed by atoms with Crippen LogP contribution in [0.1, 0.15) is 19.3 Å². The minimum atomic E-state index is 0.750. The molecule has 0 spiro atoms. The third-order valence-electron chi connectivity index (χ3n) is 0.354. The minimum Gasteiger partial charge on any atom is -0.222 e. The third kappa shape index (κ3) is 2660. The van der Waals surface area contributed by atoms with Gasteiger partial charge in [-0.1, -0.05) is 19.3 Å². The first-order valence-electron chi connectivity index (χ1n) is 2.41. The van der Waals surface area contributed by atoms with Gasteiger partial charge >= 0.3 is 0 Å². The molecule has 0 radical (unpaired) electrons.